The van der Waals surface area contributed by atoms with E-state index in [0.29, 0.717) is 0 Å². The topological polar surface area (TPSA) is 24.8 Å². The maximum atomic E-state index is 12.5. The molecule has 1 fully saturated rings. The van der Waals surface area contributed by atoms with Crippen molar-refractivity contribution in [2.75, 3.05) is 26.2 Å². The lowest BCUT2D eigenvalue weighted by Crippen LogP contribution is -3.13. The molecule has 1 saturated heterocycles. The highest BCUT2D eigenvalue weighted by Gasteiger charge is 2.24. The number of benzene rings is 2. The molecule has 0 unspecified atom stereocenters. The van der Waals surface area contributed by atoms with Crippen LogP contribution < -0.4 is 4.90 Å². The quantitative estimate of drug-likeness (QED) is 0.772. The fourth-order valence-electron chi connectivity index (χ4n) is 2.89. The van der Waals surface area contributed by atoms with Gasteiger partial charge in [-0.25, -0.2) is 0 Å². The molecule has 0 atom stereocenters. The number of carbonyl (C=O) groups is 1. The van der Waals surface area contributed by atoms with Crippen molar-refractivity contribution in [3.63, 3.8) is 0 Å². The molecular weight excluding hydrogens is 387 g/mol. The third-order valence-electron chi connectivity index (χ3n) is 4.13. The number of carbonyl (C=O) groups excluding carboxylic acids is 1. The Balaban J connectivity index is 1.56. The van der Waals surface area contributed by atoms with Crippen molar-refractivity contribution in [2.45, 2.75) is 6.54 Å². The molecule has 22 heavy (non-hydrogen) atoms. The van der Waals surface area contributed by atoms with Gasteiger partial charge < -0.3 is 9.80 Å². The standard InChI is InChI=1S/C18H19IN2O/c19-17-8-4-7-16(13-17)18(22)21-11-9-20(10-12-21)14-15-5-2-1-3-6-15/h1-8,13H,9-12,14H2/p+1. The van der Waals surface area contributed by atoms with Crippen molar-refractivity contribution in [3.05, 3.63) is 69.3 Å². The van der Waals surface area contributed by atoms with E-state index in [2.05, 4.69) is 52.9 Å². The third kappa shape index (κ3) is 3.87. The summed E-state index contributed by atoms with van der Waals surface area (Å²) >= 11 is 2.25. The van der Waals surface area contributed by atoms with E-state index < -0.39 is 0 Å². The SMILES string of the molecule is O=C(c1cccc(I)c1)N1CC[NH+](Cc2ccccc2)CC1. The Kier molecular flexibility index (Phi) is 5.10. The number of hydrogen-bond donors (Lipinski definition) is 1. The zero-order chi connectivity index (χ0) is 15.4. The summed E-state index contributed by atoms with van der Waals surface area (Å²) in [5.41, 5.74) is 2.17. The molecular formula is C18H20IN2O+. The Morgan fingerprint density at radius 3 is 2.45 bits per heavy atom. The minimum absolute atomic E-state index is 0.164. The van der Waals surface area contributed by atoms with Gasteiger partial charge in [0.1, 0.15) is 6.54 Å². The lowest BCUT2D eigenvalue weighted by Gasteiger charge is -2.32. The number of hydrogen-bond acceptors (Lipinski definition) is 1. The molecule has 3 nitrogen and oxygen atoms in total. The molecule has 1 amide bonds. The van der Waals surface area contributed by atoms with Gasteiger partial charge in [0.2, 0.25) is 0 Å². The Bertz CT molecular complexity index is 637. The Hall–Kier alpha value is -1.40. The van der Waals surface area contributed by atoms with Crippen LogP contribution in [0.1, 0.15) is 15.9 Å². The zero-order valence-electron chi connectivity index (χ0n) is 12.5. The van der Waals surface area contributed by atoms with Gasteiger partial charge in [-0.1, -0.05) is 36.4 Å². The van der Waals surface area contributed by atoms with E-state index in [-0.39, 0.29) is 5.91 Å². The highest BCUT2D eigenvalue weighted by atomic mass is 127. The van der Waals surface area contributed by atoms with E-state index in [1.54, 1.807) is 4.90 Å². The number of piperazine rings is 1. The molecule has 4 heteroatoms. The van der Waals surface area contributed by atoms with Gasteiger partial charge in [-0.3, -0.25) is 4.79 Å². The maximum absolute atomic E-state index is 12.5. The van der Waals surface area contributed by atoms with Crippen molar-refractivity contribution in [1.29, 1.82) is 0 Å². The Labute approximate surface area is 145 Å². The van der Waals surface area contributed by atoms with Crippen LogP contribution >= 0.6 is 22.6 Å². The second kappa shape index (κ2) is 7.24. The molecule has 2 aromatic carbocycles. The van der Waals surface area contributed by atoms with Gasteiger partial charge in [0, 0.05) is 14.7 Å². The first-order chi connectivity index (χ1) is 10.7. The van der Waals surface area contributed by atoms with E-state index in [9.17, 15) is 4.79 Å². The summed E-state index contributed by atoms with van der Waals surface area (Å²) in [6.07, 6.45) is 0. The number of rotatable bonds is 3. The normalized spacial score (nSPS) is 15.8. The van der Waals surface area contributed by atoms with E-state index in [4.69, 9.17) is 0 Å². The monoisotopic (exact) mass is 407 g/mol. The van der Waals surface area contributed by atoms with E-state index >= 15 is 0 Å². The lowest BCUT2D eigenvalue weighted by molar-refractivity contribution is -0.917. The van der Waals surface area contributed by atoms with Gasteiger partial charge in [-0.05, 0) is 40.8 Å². The molecule has 1 aliphatic rings. The van der Waals surface area contributed by atoms with Crippen LogP contribution in [-0.4, -0.2) is 37.0 Å². The van der Waals surface area contributed by atoms with Crippen LogP contribution in [0.4, 0.5) is 0 Å². The van der Waals surface area contributed by atoms with Crippen molar-refractivity contribution in [3.8, 4) is 0 Å². The number of nitrogens with zero attached hydrogens (tertiary/aromatic N) is 1. The molecule has 2 aromatic rings. The summed E-state index contributed by atoms with van der Waals surface area (Å²) < 4.78 is 1.11. The fourth-order valence-corrected chi connectivity index (χ4v) is 3.43. The van der Waals surface area contributed by atoms with Gasteiger partial charge in [0.15, 0.2) is 0 Å². The van der Waals surface area contributed by atoms with Crippen LogP contribution in [0.15, 0.2) is 54.6 Å². The summed E-state index contributed by atoms with van der Waals surface area (Å²) in [6, 6.07) is 18.4. The van der Waals surface area contributed by atoms with Gasteiger partial charge in [0.25, 0.3) is 5.91 Å². The molecule has 0 spiro atoms. The van der Waals surface area contributed by atoms with Crippen LogP contribution in [0.2, 0.25) is 0 Å². The van der Waals surface area contributed by atoms with Crippen LogP contribution in [-0.2, 0) is 6.54 Å². The number of amides is 1. The molecule has 1 aliphatic heterocycles. The summed E-state index contributed by atoms with van der Waals surface area (Å²) in [6.45, 7) is 4.76. The molecule has 114 valence electrons. The maximum Gasteiger partial charge on any atom is 0.254 e. The third-order valence-corrected chi connectivity index (χ3v) is 4.80. The van der Waals surface area contributed by atoms with Crippen LogP contribution in [0.3, 0.4) is 0 Å². The Morgan fingerprint density at radius 1 is 1.05 bits per heavy atom. The van der Waals surface area contributed by atoms with Gasteiger partial charge >= 0.3 is 0 Å². The molecule has 0 saturated carbocycles. The van der Waals surface area contributed by atoms with E-state index in [1.165, 1.54) is 5.56 Å². The molecule has 0 aliphatic carbocycles. The number of nitrogens with one attached hydrogen (secondary N) is 1. The summed E-state index contributed by atoms with van der Waals surface area (Å²) in [5, 5.41) is 0. The average Bonchev–Trinajstić information content (AvgIpc) is 2.56. The predicted molar refractivity (Wildman–Crippen MR) is 95.9 cm³/mol. The minimum atomic E-state index is 0.164. The van der Waals surface area contributed by atoms with Gasteiger partial charge in [-0.2, -0.15) is 0 Å². The van der Waals surface area contributed by atoms with Crippen molar-refractivity contribution >= 4 is 28.5 Å². The molecule has 0 bridgehead atoms. The molecule has 1 N–H and O–H groups in total. The largest absolute Gasteiger partial charge is 0.328 e. The molecule has 0 radical (unpaired) electrons. The average molecular weight is 407 g/mol. The summed E-state index contributed by atoms with van der Waals surface area (Å²) in [7, 11) is 0. The van der Waals surface area contributed by atoms with Gasteiger partial charge in [0.05, 0.1) is 26.2 Å². The van der Waals surface area contributed by atoms with Crippen molar-refractivity contribution in [2.24, 2.45) is 0 Å². The Morgan fingerprint density at radius 2 is 1.77 bits per heavy atom. The van der Waals surface area contributed by atoms with Crippen LogP contribution in [0.25, 0.3) is 0 Å². The minimum Gasteiger partial charge on any atom is -0.328 e. The van der Waals surface area contributed by atoms with E-state index in [1.807, 2.05) is 29.2 Å². The number of halogens is 1. The van der Waals surface area contributed by atoms with E-state index in [0.717, 1.165) is 41.9 Å². The first-order valence-corrected chi connectivity index (χ1v) is 8.72. The van der Waals surface area contributed by atoms with Crippen molar-refractivity contribution in [1.82, 2.24) is 4.90 Å². The predicted octanol–water partition coefficient (Wildman–Crippen LogP) is 1.83. The number of quaternary nitrogens is 1. The smallest absolute Gasteiger partial charge is 0.254 e. The zero-order valence-corrected chi connectivity index (χ0v) is 14.6. The molecule has 3 rings (SSSR count). The molecule has 1 heterocycles. The van der Waals surface area contributed by atoms with Gasteiger partial charge in [-0.15, -0.1) is 0 Å². The van der Waals surface area contributed by atoms with Crippen LogP contribution in [0, 0.1) is 3.57 Å². The second-order valence-corrected chi connectivity index (χ2v) is 6.96. The fraction of sp³-hybridized carbons (Fsp3) is 0.278. The highest BCUT2D eigenvalue weighted by Crippen LogP contribution is 2.10. The summed E-state index contributed by atoms with van der Waals surface area (Å²) in [4.78, 5) is 16.1. The summed E-state index contributed by atoms with van der Waals surface area (Å²) in [5.74, 6) is 0.164. The molecule has 0 aromatic heterocycles. The van der Waals surface area contributed by atoms with Crippen LogP contribution in [0.5, 0.6) is 0 Å². The first-order valence-electron chi connectivity index (χ1n) is 7.65. The lowest BCUT2D eigenvalue weighted by atomic mass is 10.1. The highest BCUT2D eigenvalue weighted by molar-refractivity contribution is 14.1. The van der Waals surface area contributed by atoms with Crippen molar-refractivity contribution < 1.29 is 9.69 Å². The first kappa shape index (κ1) is 15.5. The second-order valence-electron chi connectivity index (χ2n) is 5.71.